The average molecular weight is 398 g/mol. The van der Waals surface area contributed by atoms with Gasteiger partial charge in [-0.05, 0) is 35.9 Å². The highest BCUT2D eigenvalue weighted by molar-refractivity contribution is 5.94. The number of ether oxygens (including phenoxy) is 2. The maximum absolute atomic E-state index is 13.4. The lowest BCUT2D eigenvalue weighted by Gasteiger charge is -2.34. The van der Waals surface area contributed by atoms with Gasteiger partial charge in [-0.25, -0.2) is 9.37 Å². The van der Waals surface area contributed by atoms with Gasteiger partial charge in [0, 0.05) is 19.6 Å². The summed E-state index contributed by atoms with van der Waals surface area (Å²) < 4.78 is 24.1. The third-order valence-electron chi connectivity index (χ3n) is 5.10. The minimum atomic E-state index is -0.375. The molecule has 0 bridgehead atoms. The van der Waals surface area contributed by atoms with Gasteiger partial charge in [0.15, 0.2) is 5.82 Å². The third-order valence-corrected chi connectivity index (χ3v) is 5.10. The molecule has 0 aliphatic carbocycles. The molecule has 2 N–H and O–H groups in total. The van der Waals surface area contributed by atoms with Gasteiger partial charge in [0.05, 0.1) is 37.4 Å². The molecular weight excluding hydrogens is 375 g/mol. The summed E-state index contributed by atoms with van der Waals surface area (Å²) in [4.78, 5) is 22.1. The summed E-state index contributed by atoms with van der Waals surface area (Å²) >= 11 is 0. The van der Waals surface area contributed by atoms with E-state index < -0.39 is 0 Å². The Morgan fingerprint density at radius 1 is 1.28 bits per heavy atom. The molecule has 29 heavy (non-hydrogen) atoms. The molecule has 1 fully saturated rings. The lowest BCUT2D eigenvalue weighted by molar-refractivity contribution is 0.0162. The van der Waals surface area contributed by atoms with E-state index in [9.17, 15) is 9.18 Å². The Kier molecular flexibility index (Phi) is 5.73. The number of nitrogens with zero attached hydrogens (tertiary/aromatic N) is 2. The first-order valence-corrected chi connectivity index (χ1v) is 9.53. The predicted octanol–water partition coefficient (Wildman–Crippen LogP) is 2.51. The average Bonchev–Trinajstić information content (AvgIpc) is 3.18. The molecule has 1 aliphatic heterocycles. The zero-order valence-corrected chi connectivity index (χ0v) is 16.2. The Morgan fingerprint density at radius 2 is 2.03 bits per heavy atom. The second kappa shape index (κ2) is 8.59. The number of nitrogens with one attached hydrogen (secondary N) is 2. The fourth-order valence-corrected chi connectivity index (χ4v) is 3.54. The summed E-state index contributed by atoms with van der Waals surface area (Å²) in [6.07, 6.45) is 0. The Morgan fingerprint density at radius 3 is 2.76 bits per heavy atom. The number of carbonyl (C=O) groups excluding carboxylic acids is 1. The molecule has 152 valence electrons. The van der Waals surface area contributed by atoms with Crippen molar-refractivity contribution in [3.8, 4) is 5.75 Å². The second-order valence-corrected chi connectivity index (χ2v) is 6.89. The number of H-pyrrole nitrogens is 1. The van der Waals surface area contributed by atoms with E-state index in [1.54, 1.807) is 13.2 Å². The first kappa shape index (κ1) is 19.4. The maximum Gasteiger partial charge on any atom is 0.287 e. The largest absolute Gasteiger partial charge is 0.497 e. The molecule has 0 radical (unpaired) electrons. The molecule has 0 saturated carbocycles. The number of fused-ring (bicyclic) bond motifs is 1. The molecule has 2 heterocycles. The van der Waals surface area contributed by atoms with Crippen molar-refractivity contribution in [3.05, 3.63) is 59.7 Å². The second-order valence-electron chi connectivity index (χ2n) is 6.89. The van der Waals surface area contributed by atoms with E-state index in [4.69, 9.17) is 9.47 Å². The number of hydrogen-bond donors (Lipinski definition) is 2. The third kappa shape index (κ3) is 4.38. The summed E-state index contributed by atoms with van der Waals surface area (Å²) in [6, 6.07) is 12.0. The van der Waals surface area contributed by atoms with Crippen LogP contribution in [0.3, 0.4) is 0 Å². The SMILES string of the molecule is COc1ccc(C(CNC(=O)c2nc3ccc(F)cc3[nH]2)N2CCOCC2)cc1. The molecule has 3 aromatic rings. The number of benzene rings is 2. The van der Waals surface area contributed by atoms with E-state index in [1.165, 1.54) is 12.1 Å². The number of morpholine rings is 1. The molecule has 4 rings (SSSR count). The highest BCUT2D eigenvalue weighted by atomic mass is 19.1. The molecule has 0 spiro atoms. The summed E-state index contributed by atoms with van der Waals surface area (Å²) in [5.41, 5.74) is 2.13. The molecule has 2 aromatic carbocycles. The lowest BCUT2D eigenvalue weighted by Crippen LogP contribution is -2.44. The number of methoxy groups -OCH3 is 1. The van der Waals surface area contributed by atoms with Crippen molar-refractivity contribution in [3.63, 3.8) is 0 Å². The summed E-state index contributed by atoms with van der Waals surface area (Å²) in [7, 11) is 1.63. The van der Waals surface area contributed by atoms with Gasteiger partial charge in [-0.2, -0.15) is 0 Å². The van der Waals surface area contributed by atoms with Crippen LogP contribution in [0.2, 0.25) is 0 Å². The number of amides is 1. The monoisotopic (exact) mass is 398 g/mol. The number of hydrogen-bond acceptors (Lipinski definition) is 5. The van der Waals surface area contributed by atoms with Gasteiger partial charge >= 0.3 is 0 Å². The van der Waals surface area contributed by atoms with Crippen molar-refractivity contribution in [1.29, 1.82) is 0 Å². The van der Waals surface area contributed by atoms with Gasteiger partial charge in [0.25, 0.3) is 5.91 Å². The van der Waals surface area contributed by atoms with Crippen molar-refractivity contribution in [2.24, 2.45) is 0 Å². The van der Waals surface area contributed by atoms with E-state index in [0.29, 0.717) is 30.8 Å². The number of imidazole rings is 1. The van der Waals surface area contributed by atoms with E-state index >= 15 is 0 Å². The fourth-order valence-electron chi connectivity index (χ4n) is 3.54. The number of halogens is 1. The number of rotatable bonds is 6. The van der Waals surface area contributed by atoms with Crippen LogP contribution in [0.25, 0.3) is 11.0 Å². The zero-order valence-electron chi connectivity index (χ0n) is 16.2. The first-order chi connectivity index (χ1) is 14.1. The van der Waals surface area contributed by atoms with Gasteiger partial charge in [-0.3, -0.25) is 9.69 Å². The van der Waals surface area contributed by atoms with Crippen LogP contribution in [-0.4, -0.2) is 60.7 Å². The summed E-state index contributed by atoms with van der Waals surface area (Å²) in [6.45, 7) is 3.31. The van der Waals surface area contributed by atoms with Gasteiger partial charge in [-0.15, -0.1) is 0 Å². The minimum Gasteiger partial charge on any atom is -0.497 e. The van der Waals surface area contributed by atoms with Crippen LogP contribution in [0.5, 0.6) is 5.75 Å². The molecule has 1 atom stereocenters. The lowest BCUT2D eigenvalue weighted by atomic mass is 10.0. The van der Waals surface area contributed by atoms with Crippen molar-refractivity contribution < 1.29 is 18.7 Å². The first-order valence-electron chi connectivity index (χ1n) is 9.53. The number of carbonyl (C=O) groups is 1. The molecule has 1 amide bonds. The van der Waals surface area contributed by atoms with E-state index in [-0.39, 0.29) is 23.6 Å². The van der Waals surface area contributed by atoms with Crippen LogP contribution in [0.1, 0.15) is 22.2 Å². The van der Waals surface area contributed by atoms with E-state index in [0.717, 1.165) is 24.4 Å². The normalized spacial score (nSPS) is 15.9. The maximum atomic E-state index is 13.4. The zero-order chi connectivity index (χ0) is 20.2. The predicted molar refractivity (Wildman–Crippen MR) is 107 cm³/mol. The molecule has 1 unspecified atom stereocenters. The summed E-state index contributed by atoms with van der Waals surface area (Å²) in [5, 5.41) is 2.96. The molecule has 1 aromatic heterocycles. The molecule has 8 heteroatoms. The Balaban J connectivity index is 1.50. The molecular formula is C21H23FN4O3. The fraction of sp³-hybridized carbons (Fsp3) is 0.333. The standard InChI is InChI=1S/C21H23FN4O3/c1-28-16-5-2-14(3-6-16)19(26-8-10-29-11-9-26)13-23-21(27)20-24-17-7-4-15(22)12-18(17)25-20/h2-7,12,19H,8-11,13H2,1H3,(H,23,27)(H,24,25). The van der Waals surface area contributed by atoms with Gasteiger partial charge < -0.3 is 19.8 Å². The van der Waals surface area contributed by atoms with Crippen LogP contribution >= 0.6 is 0 Å². The number of aromatic amines is 1. The van der Waals surface area contributed by atoms with Gasteiger partial charge in [0.1, 0.15) is 11.6 Å². The van der Waals surface area contributed by atoms with Crippen LogP contribution in [-0.2, 0) is 4.74 Å². The van der Waals surface area contributed by atoms with Crippen molar-refractivity contribution in [2.45, 2.75) is 6.04 Å². The van der Waals surface area contributed by atoms with Crippen LogP contribution in [0.15, 0.2) is 42.5 Å². The molecule has 7 nitrogen and oxygen atoms in total. The van der Waals surface area contributed by atoms with Crippen LogP contribution in [0.4, 0.5) is 4.39 Å². The van der Waals surface area contributed by atoms with Crippen molar-refractivity contribution in [1.82, 2.24) is 20.2 Å². The van der Waals surface area contributed by atoms with E-state index in [1.807, 2.05) is 24.3 Å². The highest BCUT2D eigenvalue weighted by Gasteiger charge is 2.24. The van der Waals surface area contributed by atoms with Crippen molar-refractivity contribution >= 4 is 16.9 Å². The van der Waals surface area contributed by atoms with Gasteiger partial charge in [0.2, 0.25) is 0 Å². The molecule has 1 saturated heterocycles. The Labute approximate surface area is 167 Å². The molecule has 1 aliphatic rings. The quantitative estimate of drug-likeness (QED) is 0.667. The van der Waals surface area contributed by atoms with Gasteiger partial charge in [-0.1, -0.05) is 12.1 Å². The highest BCUT2D eigenvalue weighted by Crippen LogP contribution is 2.24. The summed E-state index contributed by atoms with van der Waals surface area (Å²) in [5.74, 6) is 0.252. The topological polar surface area (TPSA) is 79.5 Å². The van der Waals surface area contributed by atoms with Crippen LogP contribution in [0, 0.1) is 5.82 Å². The minimum absolute atomic E-state index is 0.00409. The van der Waals surface area contributed by atoms with Crippen molar-refractivity contribution in [2.75, 3.05) is 40.0 Å². The smallest absolute Gasteiger partial charge is 0.287 e. The van der Waals surface area contributed by atoms with Crippen LogP contribution < -0.4 is 10.1 Å². The Bertz CT molecular complexity index is 983. The number of aromatic nitrogens is 2. The van der Waals surface area contributed by atoms with E-state index in [2.05, 4.69) is 20.2 Å². The Hall–Kier alpha value is -2.97.